The van der Waals surface area contributed by atoms with Crippen molar-refractivity contribution in [2.45, 2.75) is 46.0 Å². The summed E-state index contributed by atoms with van der Waals surface area (Å²) in [7, 11) is 3.54. The summed E-state index contributed by atoms with van der Waals surface area (Å²) >= 11 is 0. The van der Waals surface area contributed by atoms with Crippen molar-refractivity contribution >= 4 is 35.8 Å². The zero-order valence-electron chi connectivity index (χ0n) is 17.1. The Labute approximate surface area is 176 Å². The van der Waals surface area contributed by atoms with E-state index >= 15 is 0 Å². The maximum Gasteiger partial charge on any atom is 0.223 e. The van der Waals surface area contributed by atoms with Crippen molar-refractivity contribution < 1.29 is 4.79 Å². The monoisotopic (exact) mass is 474 g/mol. The number of aryl methyl sites for hydroxylation is 1. The zero-order valence-corrected chi connectivity index (χ0v) is 19.4. The lowest BCUT2D eigenvalue weighted by atomic mass is 9.84. The molecule has 0 heterocycles. The smallest absolute Gasteiger partial charge is 0.223 e. The molecule has 0 bridgehead atoms. The molecular weight excluding hydrogens is 439 g/mol. The normalized spacial score (nSPS) is 11.5. The summed E-state index contributed by atoms with van der Waals surface area (Å²) in [4.78, 5) is 18.0. The van der Waals surface area contributed by atoms with Crippen LogP contribution < -0.4 is 10.6 Å². The molecule has 0 unspecified atom stereocenters. The first-order chi connectivity index (χ1) is 11.8. The Balaban J connectivity index is 0.00000625. The molecule has 0 atom stereocenters. The molecule has 0 fully saturated rings. The fourth-order valence-electron chi connectivity index (χ4n) is 2.41. The first-order valence-electron chi connectivity index (χ1n) is 9.12. The first kappa shape index (κ1) is 24.7. The molecule has 26 heavy (non-hydrogen) atoms. The van der Waals surface area contributed by atoms with Crippen LogP contribution in [0.25, 0.3) is 0 Å². The van der Waals surface area contributed by atoms with Crippen LogP contribution in [-0.2, 0) is 16.6 Å². The van der Waals surface area contributed by atoms with Gasteiger partial charge >= 0.3 is 0 Å². The fraction of sp³-hybridized carbons (Fsp3) is 0.600. The molecule has 0 aliphatic rings. The van der Waals surface area contributed by atoms with E-state index in [1.165, 1.54) is 11.1 Å². The quantitative estimate of drug-likeness (QED) is 0.346. The molecule has 0 radical (unpaired) electrons. The standard InChI is InChI=1S/C20H34N4O.HI/c1-7-16-9-11-17(12-10-16)20(3,4)15-23-19(21-8-2)22-14-13-18(25)24(5)6;/h9-12H,7-8,13-15H2,1-6H3,(H2,21,22,23);1H. The van der Waals surface area contributed by atoms with Crippen molar-refractivity contribution in [1.82, 2.24) is 15.5 Å². The lowest BCUT2D eigenvalue weighted by Crippen LogP contribution is -2.40. The van der Waals surface area contributed by atoms with Crippen molar-refractivity contribution in [3.63, 3.8) is 0 Å². The van der Waals surface area contributed by atoms with E-state index in [9.17, 15) is 4.79 Å². The number of hydrogen-bond donors (Lipinski definition) is 2. The number of nitrogens with zero attached hydrogens (tertiary/aromatic N) is 2. The van der Waals surface area contributed by atoms with E-state index in [1.807, 2.05) is 6.92 Å². The minimum absolute atomic E-state index is 0. The molecule has 0 spiro atoms. The summed E-state index contributed by atoms with van der Waals surface area (Å²) in [5.74, 6) is 0.868. The number of carbonyl (C=O) groups excluding carboxylic acids is 1. The highest BCUT2D eigenvalue weighted by Gasteiger charge is 2.20. The lowest BCUT2D eigenvalue weighted by molar-refractivity contribution is -0.128. The molecule has 0 saturated heterocycles. The second-order valence-corrected chi connectivity index (χ2v) is 7.09. The summed E-state index contributed by atoms with van der Waals surface area (Å²) in [5, 5.41) is 6.48. The van der Waals surface area contributed by atoms with Gasteiger partial charge in [0.25, 0.3) is 0 Å². The Morgan fingerprint density at radius 1 is 1.12 bits per heavy atom. The van der Waals surface area contributed by atoms with Gasteiger partial charge in [0, 0.05) is 39.0 Å². The predicted octanol–water partition coefficient (Wildman–Crippen LogP) is 3.18. The van der Waals surface area contributed by atoms with Gasteiger partial charge in [-0.2, -0.15) is 0 Å². The topological polar surface area (TPSA) is 56.7 Å². The molecule has 1 aromatic carbocycles. The predicted molar refractivity (Wildman–Crippen MR) is 122 cm³/mol. The summed E-state index contributed by atoms with van der Waals surface area (Å²) in [5.41, 5.74) is 2.59. The van der Waals surface area contributed by atoms with Gasteiger partial charge in [0.2, 0.25) is 5.91 Å². The summed E-state index contributed by atoms with van der Waals surface area (Å²) in [6.45, 7) is 10.7. The Bertz CT molecular complexity index is 568. The van der Waals surface area contributed by atoms with E-state index in [4.69, 9.17) is 4.99 Å². The van der Waals surface area contributed by atoms with Gasteiger partial charge in [0.1, 0.15) is 0 Å². The number of hydrogen-bond acceptors (Lipinski definition) is 2. The molecule has 0 saturated carbocycles. The summed E-state index contributed by atoms with van der Waals surface area (Å²) in [6.07, 6.45) is 1.51. The number of nitrogens with one attached hydrogen (secondary N) is 2. The molecule has 5 nitrogen and oxygen atoms in total. The zero-order chi connectivity index (χ0) is 18.9. The molecule has 0 aromatic heterocycles. The number of benzene rings is 1. The van der Waals surface area contributed by atoms with E-state index in [-0.39, 0.29) is 35.3 Å². The second kappa shape index (κ2) is 12.1. The van der Waals surface area contributed by atoms with E-state index in [1.54, 1.807) is 19.0 Å². The second-order valence-electron chi connectivity index (χ2n) is 7.09. The number of rotatable bonds is 8. The van der Waals surface area contributed by atoms with E-state index < -0.39 is 0 Å². The van der Waals surface area contributed by atoms with E-state index in [2.05, 4.69) is 55.7 Å². The van der Waals surface area contributed by atoms with Crippen LogP contribution >= 0.6 is 24.0 Å². The third kappa shape index (κ3) is 8.38. The number of aliphatic imine (C=N–C) groups is 1. The lowest BCUT2D eigenvalue weighted by Gasteiger charge is -2.24. The number of guanidine groups is 1. The molecule has 0 aliphatic carbocycles. The minimum atomic E-state index is -0.0475. The Morgan fingerprint density at radius 3 is 2.23 bits per heavy atom. The van der Waals surface area contributed by atoms with Crippen LogP contribution in [0, 0.1) is 0 Å². The maximum atomic E-state index is 11.7. The van der Waals surface area contributed by atoms with Crippen molar-refractivity contribution in [2.24, 2.45) is 4.99 Å². The van der Waals surface area contributed by atoms with Crippen LogP contribution in [0.5, 0.6) is 0 Å². The first-order valence-corrected chi connectivity index (χ1v) is 9.12. The van der Waals surface area contributed by atoms with Gasteiger partial charge < -0.3 is 15.5 Å². The van der Waals surface area contributed by atoms with Crippen molar-refractivity contribution in [3.05, 3.63) is 35.4 Å². The maximum absolute atomic E-state index is 11.7. The van der Waals surface area contributed by atoms with Crippen LogP contribution in [0.2, 0.25) is 0 Å². The molecule has 1 amide bonds. The van der Waals surface area contributed by atoms with Crippen LogP contribution in [0.1, 0.15) is 45.2 Å². The van der Waals surface area contributed by atoms with Gasteiger partial charge in [-0.3, -0.25) is 9.79 Å². The van der Waals surface area contributed by atoms with Crippen LogP contribution in [-0.4, -0.2) is 50.5 Å². The van der Waals surface area contributed by atoms with Crippen LogP contribution in [0.3, 0.4) is 0 Å². The summed E-state index contributed by atoms with van der Waals surface area (Å²) in [6, 6.07) is 8.78. The highest BCUT2D eigenvalue weighted by Crippen LogP contribution is 2.24. The van der Waals surface area contributed by atoms with Crippen molar-refractivity contribution in [2.75, 3.05) is 33.7 Å². The number of carbonyl (C=O) groups is 1. The molecular formula is C20H35IN4O. The Kier molecular flexibility index (Phi) is 11.5. The molecule has 2 N–H and O–H groups in total. The highest BCUT2D eigenvalue weighted by molar-refractivity contribution is 14.0. The van der Waals surface area contributed by atoms with Gasteiger partial charge in [-0.05, 0) is 24.5 Å². The molecule has 0 aliphatic heterocycles. The van der Waals surface area contributed by atoms with Crippen LogP contribution in [0.4, 0.5) is 0 Å². The SMILES string of the molecule is CCNC(=NCC(C)(C)c1ccc(CC)cc1)NCCC(=O)N(C)C.I. The molecule has 1 rings (SSSR count). The van der Waals surface area contributed by atoms with Gasteiger partial charge in [-0.25, -0.2) is 0 Å². The van der Waals surface area contributed by atoms with Crippen molar-refractivity contribution in [3.8, 4) is 0 Å². The van der Waals surface area contributed by atoms with Crippen molar-refractivity contribution in [1.29, 1.82) is 0 Å². The third-order valence-corrected chi connectivity index (χ3v) is 4.25. The average molecular weight is 474 g/mol. The molecule has 148 valence electrons. The van der Waals surface area contributed by atoms with Gasteiger partial charge in [0.05, 0.1) is 6.54 Å². The number of amides is 1. The number of halogens is 1. The summed E-state index contributed by atoms with van der Waals surface area (Å²) < 4.78 is 0. The van der Waals surface area contributed by atoms with Crippen LogP contribution in [0.15, 0.2) is 29.3 Å². The van der Waals surface area contributed by atoms with Gasteiger partial charge in [-0.15, -0.1) is 24.0 Å². The Morgan fingerprint density at radius 2 is 1.73 bits per heavy atom. The third-order valence-electron chi connectivity index (χ3n) is 4.25. The molecule has 1 aromatic rings. The minimum Gasteiger partial charge on any atom is -0.357 e. The van der Waals surface area contributed by atoms with Gasteiger partial charge in [-0.1, -0.05) is 45.0 Å². The van der Waals surface area contributed by atoms with E-state index in [0.29, 0.717) is 19.5 Å². The fourth-order valence-corrected chi connectivity index (χ4v) is 2.41. The van der Waals surface area contributed by atoms with E-state index in [0.717, 1.165) is 18.9 Å². The Hall–Kier alpha value is -1.31. The average Bonchev–Trinajstić information content (AvgIpc) is 2.59. The highest BCUT2D eigenvalue weighted by atomic mass is 127. The molecule has 6 heteroatoms. The largest absolute Gasteiger partial charge is 0.357 e. The van der Waals surface area contributed by atoms with Gasteiger partial charge in [0.15, 0.2) is 5.96 Å².